The van der Waals surface area contributed by atoms with E-state index in [9.17, 15) is 10.1 Å². The molecule has 21 heavy (non-hydrogen) atoms. The van der Waals surface area contributed by atoms with Crippen LogP contribution in [0.25, 0.3) is 0 Å². The van der Waals surface area contributed by atoms with Crippen molar-refractivity contribution >= 4 is 21.8 Å². The highest BCUT2D eigenvalue weighted by Crippen LogP contribution is 2.34. The summed E-state index contributed by atoms with van der Waals surface area (Å²) < 4.78 is 6.14. The van der Waals surface area contributed by atoms with Crippen molar-refractivity contribution in [2.24, 2.45) is 0 Å². The summed E-state index contributed by atoms with van der Waals surface area (Å²) >= 11 is 3.37. The van der Waals surface area contributed by atoms with Gasteiger partial charge in [-0.05, 0) is 31.0 Å². The predicted octanol–water partition coefficient (Wildman–Crippen LogP) is 3.76. The third-order valence-electron chi connectivity index (χ3n) is 4.23. The molecule has 0 aliphatic heterocycles. The van der Waals surface area contributed by atoms with Crippen LogP contribution in [0.3, 0.4) is 0 Å². The molecule has 1 aliphatic carbocycles. The lowest BCUT2D eigenvalue weighted by Gasteiger charge is -2.39. The van der Waals surface area contributed by atoms with E-state index in [2.05, 4.69) is 22.0 Å². The maximum atomic E-state index is 12.8. The standard InChI is InChI=1S/C16H19BrN2O2/c1-19(16(11-18)8-4-3-5-9-16)15(20)13-7-6-12(17)10-14(13)21-2/h6-7,10H,3-5,8-9H2,1-2H3. The lowest BCUT2D eigenvalue weighted by Crippen LogP contribution is -2.49. The van der Waals surface area contributed by atoms with Gasteiger partial charge in [-0.1, -0.05) is 35.2 Å². The molecule has 0 heterocycles. The minimum atomic E-state index is -0.687. The number of hydrogen-bond acceptors (Lipinski definition) is 3. The van der Waals surface area contributed by atoms with Crippen molar-refractivity contribution in [3.05, 3.63) is 28.2 Å². The van der Waals surface area contributed by atoms with E-state index < -0.39 is 5.54 Å². The van der Waals surface area contributed by atoms with Gasteiger partial charge in [0.25, 0.3) is 5.91 Å². The molecule has 0 saturated heterocycles. The summed E-state index contributed by atoms with van der Waals surface area (Å²) in [7, 11) is 3.26. The fourth-order valence-corrected chi connectivity index (χ4v) is 3.22. The van der Waals surface area contributed by atoms with Gasteiger partial charge in [0, 0.05) is 11.5 Å². The summed E-state index contributed by atoms with van der Waals surface area (Å²) in [6, 6.07) is 7.68. The number of carbonyl (C=O) groups excluding carboxylic acids is 1. The second-order valence-corrected chi connectivity index (χ2v) is 6.33. The Morgan fingerprint density at radius 1 is 1.38 bits per heavy atom. The molecule has 112 valence electrons. The molecule has 1 amide bonds. The SMILES string of the molecule is COc1cc(Br)ccc1C(=O)N(C)C1(C#N)CCCCC1. The van der Waals surface area contributed by atoms with E-state index in [0.717, 1.165) is 36.6 Å². The number of nitrogens with zero attached hydrogens (tertiary/aromatic N) is 2. The van der Waals surface area contributed by atoms with Crippen LogP contribution >= 0.6 is 15.9 Å². The molecule has 1 fully saturated rings. The Hall–Kier alpha value is -1.54. The highest BCUT2D eigenvalue weighted by atomic mass is 79.9. The Kier molecular flexibility index (Phi) is 4.89. The maximum absolute atomic E-state index is 12.8. The van der Waals surface area contributed by atoms with E-state index in [4.69, 9.17) is 4.74 Å². The van der Waals surface area contributed by atoms with Crippen LogP contribution in [0.5, 0.6) is 5.75 Å². The van der Waals surface area contributed by atoms with Crippen LogP contribution in [0.15, 0.2) is 22.7 Å². The summed E-state index contributed by atoms with van der Waals surface area (Å²) in [5, 5.41) is 9.60. The number of hydrogen-bond donors (Lipinski definition) is 0. The summed E-state index contributed by atoms with van der Waals surface area (Å²) in [6.07, 6.45) is 4.59. The zero-order valence-corrected chi connectivity index (χ0v) is 13.9. The lowest BCUT2D eigenvalue weighted by molar-refractivity contribution is 0.0586. The first-order valence-electron chi connectivity index (χ1n) is 7.07. The Bertz CT molecular complexity index is 574. The zero-order chi connectivity index (χ0) is 15.5. The molecule has 0 bridgehead atoms. The van der Waals surface area contributed by atoms with Gasteiger partial charge in [-0.2, -0.15) is 5.26 Å². The first kappa shape index (κ1) is 15.8. The molecular weight excluding hydrogens is 332 g/mol. The van der Waals surface area contributed by atoms with Gasteiger partial charge in [0.15, 0.2) is 0 Å². The van der Waals surface area contributed by atoms with Gasteiger partial charge in [-0.3, -0.25) is 4.79 Å². The van der Waals surface area contributed by atoms with E-state index in [-0.39, 0.29) is 5.91 Å². The van der Waals surface area contributed by atoms with Crippen molar-refractivity contribution in [2.45, 2.75) is 37.6 Å². The van der Waals surface area contributed by atoms with E-state index >= 15 is 0 Å². The highest BCUT2D eigenvalue weighted by Gasteiger charge is 2.39. The maximum Gasteiger partial charge on any atom is 0.258 e. The minimum Gasteiger partial charge on any atom is -0.496 e. The Morgan fingerprint density at radius 2 is 2.05 bits per heavy atom. The number of halogens is 1. The van der Waals surface area contributed by atoms with Gasteiger partial charge in [-0.25, -0.2) is 0 Å². The summed E-state index contributed by atoms with van der Waals surface area (Å²) in [6.45, 7) is 0. The van der Waals surface area contributed by atoms with Gasteiger partial charge < -0.3 is 9.64 Å². The monoisotopic (exact) mass is 350 g/mol. The van der Waals surface area contributed by atoms with Crippen LogP contribution in [0.2, 0.25) is 0 Å². The average Bonchev–Trinajstić information content (AvgIpc) is 2.54. The molecule has 0 spiro atoms. The minimum absolute atomic E-state index is 0.164. The molecule has 0 N–H and O–H groups in total. The van der Waals surface area contributed by atoms with Gasteiger partial charge in [0.2, 0.25) is 0 Å². The Labute approximate surface area is 133 Å². The number of benzene rings is 1. The van der Waals surface area contributed by atoms with E-state index in [1.807, 2.05) is 6.07 Å². The normalized spacial score (nSPS) is 16.9. The van der Waals surface area contributed by atoms with E-state index in [1.54, 1.807) is 31.2 Å². The first-order valence-corrected chi connectivity index (χ1v) is 7.86. The first-order chi connectivity index (χ1) is 10.0. The molecule has 5 heteroatoms. The number of methoxy groups -OCH3 is 1. The van der Waals surface area contributed by atoms with Crippen molar-refractivity contribution < 1.29 is 9.53 Å². The lowest BCUT2D eigenvalue weighted by atomic mass is 9.81. The predicted molar refractivity (Wildman–Crippen MR) is 84.2 cm³/mol. The van der Waals surface area contributed by atoms with Crippen molar-refractivity contribution in [1.29, 1.82) is 5.26 Å². The summed E-state index contributed by atoms with van der Waals surface area (Å²) in [4.78, 5) is 14.4. The topological polar surface area (TPSA) is 53.3 Å². The summed E-state index contributed by atoms with van der Waals surface area (Å²) in [5.74, 6) is 0.355. The van der Waals surface area contributed by atoms with Crippen LogP contribution in [0, 0.1) is 11.3 Å². The zero-order valence-electron chi connectivity index (χ0n) is 12.4. The Balaban J connectivity index is 2.33. The van der Waals surface area contributed by atoms with Crippen molar-refractivity contribution in [2.75, 3.05) is 14.2 Å². The van der Waals surface area contributed by atoms with Crippen LogP contribution in [-0.2, 0) is 0 Å². The second-order valence-electron chi connectivity index (χ2n) is 5.41. The number of carbonyl (C=O) groups is 1. The van der Waals surface area contributed by atoms with Crippen LogP contribution in [0.1, 0.15) is 42.5 Å². The molecule has 0 atom stereocenters. The van der Waals surface area contributed by atoms with Gasteiger partial charge >= 0.3 is 0 Å². The second kappa shape index (κ2) is 6.48. The molecule has 1 saturated carbocycles. The molecule has 1 aromatic rings. The number of ether oxygens (including phenoxy) is 1. The fraction of sp³-hybridized carbons (Fsp3) is 0.500. The molecule has 0 unspecified atom stereocenters. The third-order valence-corrected chi connectivity index (χ3v) is 4.72. The van der Waals surface area contributed by atoms with E-state index in [1.165, 1.54) is 0 Å². The number of nitriles is 1. The number of amides is 1. The van der Waals surface area contributed by atoms with Crippen molar-refractivity contribution in [3.63, 3.8) is 0 Å². The van der Waals surface area contributed by atoms with Crippen LogP contribution in [-0.4, -0.2) is 30.5 Å². The molecule has 1 aromatic carbocycles. The molecular formula is C16H19BrN2O2. The van der Waals surface area contributed by atoms with Gasteiger partial charge in [-0.15, -0.1) is 0 Å². The van der Waals surface area contributed by atoms with Gasteiger partial charge in [0.1, 0.15) is 11.3 Å². The fourth-order valence-electron chi connectivity index (χ4n) is 2.88. The number of rotatable bonds is 3. The summed E-state index contributed by atoms with van der Waals surface area (Å²) in [5.41, 5.74) is -0.198. The molecule has 2 rings (SSSR count). The molecule has 0 aromatic heterocycles. The van der Waals surface area contributed by atoms with Crippen LogP contribution < -0.4 is 4.74 Å². The molecule has 0 radical (unpaired) electrons. The Morgan fingerprint density at radius 3 is 2.62 bits per heavy atom. The van der Waals surface area contributed by atoms with E-state index in [0.29, 0.717) is 11.3 Å². The average molecular weight is 351 g/mol. The highest BCUT2D eigenvalue weighted by molar-refractivity contribution is 9.10. The van der Waals surface area contributed by atoms with Gasteiger partial charge in [0.05, 0.1) is 18.7 Å². The van der Waals surface area contributed by atoms with Crippen molar-refractivity contribution in [1.82, 2.24) is 4.90 Å². The smallest absolute Gasteiger partial charge is 0.258 e. The molecule has 4 nitrogen and oxygen atoms in total. The van der Waals surface area contributed by atoms with Crippen LogP contribution in [0.4, 0.5) is 0 Å². The quantitative estimate of drug-likeness (QED) is 0.833. The van der Waals surface area contributed by atoms with Crippen molar-refractivity contribution in [3.8, 4) is 11.8 Å². The third kappa shape index (κ3) is 3.06. The molecule has 1 aliphatic rings. The largest absolute Gasteiger partial charge is 0.496 e.